The number of rotatable bonds is 9. The second-order valence-electron chi connectivity index (χ2n) is 6.51. The smallest absolute Gasteiger partial charge is 0.269 e. The Morgan fingerprint density at radius 2 is 1.34 bits per heavy atom. The van der Waals surface area contributed by atoms with Gasteiger partial charge in [0, 0.05) is 23.2 Å². The van der Waals surface area contributed by atoms with Gasteiger partial charge < -0.3 is 10.1 Å². The molecular formula is C22H27N3O4. The molecule has 2 rings (SSSR count). The summed E-state index contributed by atoms with van der Waals surface area (Å²) in [5.41, 5.74) is 6.14. The van der Waals surface area contributed by atoms with E-state index in [-0.39, 0.29) is 5.91 Å². The summed E-state index contributed by atoms with van der Waals surface area (Å²) in [6.45, 7) is 4.65. The van der Waals surface area contributed by atoms with Crippen LogP contribution in [0.25, 0.3) is 0 Å². The molecule has 7 nitrogen and oxygen atoms in total. The molecule has 0 spiro atoms. The lowest BCUT2D eigenvalue weighted by Gasteiger charge is -2.09. The average molecular weight is 397 g/mol. The van der Waals surface area contributed by atoms with Crippen molar-refractivity contribution in [2.24, 2.45) is 0 Å². The van der Waals surface area contributed by atoms with E-state index in [9.17, 15) is 14.4 Å². The molecule has 0 saturated heterocycles. The Morgan fingerprint density at radius 1 is 0.793 bits per heavy atom. The lowest BCUT2D eigenvalue weighted by atomic mass is 10.2. The van der Waals surface area contributed by atoms with Gasteiger partial charge in [-0.15, -0.1) is 0 Å². The monoisotopic (exact) mass is 397 g/mol. The second-order valence-corrected chi connectivity index (χ2v) is 6.51. The summed E-state index contributed by atoms with van der Waals surface area (Å²) in [5, 5.41) is 2.78. The van der Waals surface area contributed by atoms with Gasteiger partial charge in [0.05, 0.1) is 6.61 Å². The van der Waals surface area contributed by atoms with Crippen LogP contribution in [0.1, 0.15) is 60.2 Å². The molecule has 0 unspecified atom stereocenters. The number of unbranched alkanes of at least 4 members (excludes halogenated alkanes) is 1. The number of hydrazine groups is 1. The molecule has 154 valence electrons. The lowest BCUT2D eigenvalue weighted by molar-refractivity contribution is -0.116. The number of amides is 3. The van der Waals surface area contributed by atoms with Crippen LogP contribution < -0.4 is 20.9 Å². The van der Waals surface area contributed by atoms with Crippen LogP contribution in [0.2, 0.25) is 0 Å². The lowest BCUT2D eigenvalue weighted by Crippen LogP contribution is -2.41. The third-order valence-electron chi connectivity index (χ3n) is 4.07. The summed E-state index contributed by atoms with van der Waals surface area (Å²) in [7, 11) is 0. The summed E-state index contributed by atoms with van der Waals surface area (Å²) >= 11 is 0. The van der Waals surface area contributed by atoms with E-state index in [1.165, 1.54) is 0 Å². The highest BCUT2D eigenvalue weighted by Gasteiger charge is 2.10. The maximum Gasteiger partial charge on any atom is 0.269 e. The minimum absolute atomic E-state index is 0.0533. The molecule has 0 saturated carbocycles. The van der Waals surface area contributed by atoms with Crippen LogP contribution >= 0.6 is 0 Å². The Labute approximate surface area is 170 Å². The maximum atomic E-state index is 12.2. The Kier molecular flexibility index (Phi) is 8.69. The normalized spacial score (nSPS) is 10.1. The molecule has 0 bridgehead atoms. The first-order valence-corrected chi connectivity index (χ1v) is 9.77. The van der Waals surface area contributed by atoms with E-state index in [0.29, 0.717) is 35.6 Å². The molecule has 0 aromatic heterocycles. The van der Waals surface area contributed by atoms with E-state index in [1.807, 2.05) is 13.8 Å². The molecular weight excluding hydrogens is 370 g/mol. The number of carbonyl (C=O) groups excluding carboxylic acids is 3. The number of carbonyl (C=O) groups is 3. The first-order chi connectivity index (χ1) is 14.0. The molecule has 2 aromatic carbocycles. The van der Waals surface area contributed by atoms with Crippen LogP contribution in [0.4, 0.5) is 5.69 Å². The quantitative estimate of drug-likeness (QED) is 0.563. The van der Waals surface area contributed by atoms with E-state index >= 15 is 0 Å². The third-order valence-corrected chi connectivity index (χ3v) is 4.07. The first-order valence-electron chi connectivity index (χ1n) is 9.77. The third kappa shape index (κ3) is 7.29. The van der Waals surface area contributed by atoms with Gasteiger partial charge in [0.25, 0.3) is 11.8 Å². The molecule has 0 aliphatic carbocycles. The summed E-state index contributed by atoms with van der Waals surface area (Å²) in [4.78, 5) is 36.1. The van der Waals surface area contributed by atoms with E-state index in [0.717, 1.165) is 19.3 Å². The Hall–Kier alpha value is -3.35. The maximum absolute atomic E-state index is 12.2. The second kappa shape index (κ2) is 11.5. The van der Waals surface area contributed by atoms with Gasteiger partial charge in [0.1, 0.15) is 5.75 Å². The summed E-state index contributed by atoms with van der Waals surface area (Å²) in [6.07, 6.45) is 3.16. The largest absolute Gasteiger partial charge is 0.494 e. The van der Waals surface area contributed by atoms with Crippen molar-refractivity contribution in [2.75, 3.05) is 11.9 Å². The Balaban J connectivity index is 1.83. The zero-order chi connectivity index (χ0) is 21.1. The molecule has 3 N–H and O–H groups in total. The van der Waals surface area contributed by atoms with Crippen molar-refractivity contribution in [3.8, 4) is 5.75 Å². The number of benzene rings is 2. The van der Waals surface area contributed by atoms with Crippen LogP contribution in [0.3, 0.4) is 0 Å². The number of anilines is 1. The average Bonchev–Trinajstić information content (AvgIpc) is 2.75. The van der Waals surface area contributed by atoms with Crippen LogP contribution in [0, 0.1) is 0 Å². The topological polar surface area (TPSA) is 96.5 Å². The molecule has 29 heavy (non-hydrogen) atoms. The molecule has 0 heterocycles. The zero-order valence-corrected chi connectivity index (χ0v) is 16.8. The molecule has 0 atom stereocenters. The fraction of sp³-hybridized carbons (Fsp3) is 0.318. The van der Waals surface area contributed by atoms with E-state index < -0.39 is 11.8 Å². The van der Waals surface area contributed by atoms with Gasteiger partial charge in [-0.25, -0.2) is 0 Å². The Bertz CT molecular complexity index is 817. The molecule has 3 amide bonds. The Morgan fingerprint density at radius 3 is 1.86 bits per heavy atom. The van der Waals surface area contributed by atoms with E-state index in [1.54, 1.807) is 48.5 Å². The number of hydrogen-bond donors (Lipinski definition) is 3. The van der Waals surface area contributed by atoms with E-state index in [2.05, 4.69) is 16.2 Å². The first kappa shape index (κ1) is 21.9. The van der Waals surface area contributed by atoms with Crippen LogP contribution in [-0.2, 0) is 4.79 Å². The summed E-state index contributed by atoms with van der Waals surface area (Å²) in [6, 6.07) is 13.1. The van der Waals surface area contributed by atoms with Gasteiger partial charge in [-0.2, -0.15) is 0 Å². The molecule has 2 aromatic rings. The van der Waals surface area contributed by atoms with Gasteiger partial charge in [0.2, 0.25) is 5.91 Å². The van der Waals surface area contributed by atoms with Gasteiger partial charge in [-0.05, 0) is 61.4 Å². The van der Waals surface area contributed by atoms with Crippen molar-refractivity contribution in [1.82, 2.24) is 10.9 Å². The fourth-order valence-electron chi connectivity index (χ4n) is 2.45. The van der Waals surface area contributed by atoms with E-state index in [4.69, 9.17) is 4.74 Å². The predicted molar refractivity (Wildman–Crippen MR) is 112 cm³/mol. The van der Waals surface area contributed by atoms with Gasteiger partial charge in [0.15, 0.2) is 0 Å². The molecule has 7 heteroatoms. The van der Waals surface area contributed by atoms with Crippen molar-refractivity contribution in [3.63, 3.8) is 0 Å². The standard InChI is InChI=1S/C22H27N3O4/c1-3-5-6-20(26)23-18-11-7-16(8-12-18)21(27)24-25-22(28)17-9-13-19(14-10-17)29-15-4-2/h7-14H,3-6,15H2,1-2H3,(H,23,26)(H,24,27)(H,25,28). The summed E-state index contributed by atoms with van der Waals surface area (Å²) < 4.78 is 5.47. The zero-order valence-electron chi connectivity index (χ0n) is 16.8. The van der Waals surface area contributed by atoms with Gasteiger partial charge in [-0.3, -0.25) is 25.2 Å². The van der Waals surface area contributed by atoms with Crippen molar-refractivity contribution >= 4 is 23.4 Å². The van der Waals surface area contributed by atoms with Crippen LogP contribution in [0.15, 0.2) is 48.5 Å². The molecule has 0 aliphatic heterocycles. The van der Waals surface area contributed by atoms with Crippen LogP contribution in [-0.4, -0.2) is 24.3 Å². The number of nitrogens with one attached hydrogen (secondary N) is 3. The van der Waals surface area contributed by atoms with Gasteiger partial charge >= 0.3 is 0 Å². The number of ether oxygens (including phenoxy) is 1. The van der Waals surface area contributed by atoms with Crippen molar-refractivity contribution < 1.29 is 19.1 Å². The van der Waals surface area contributed by atoms with Gasteiger partial charge in [-0.1, -0.05) is 20.3 Å². The molecule has 0 radical (unpaired) electrons. The highest BCUT2D eigenvalue weighted by atomic mass is 16.5. The minimum Gasteiger partial charge on any atom is -0.494 e. The highest BCUT2D eigenvalue weighted by Crippen LogP contribution is 2.13. The molecule has 0 aliphatic rings. The fourth-order valence-corrected chi connectivity index (χ4v) is 2.45. The molecule has 0 fully saturated rings. The SMILES string of the molecule is CCCCC(=O)Nc1ccc(C(=O)NNC(=O)c2ccc(OCCC)cc2)cc1. The summed E-state index contributed by atoms with van der Waals surface area (Å²) in [5.74, 6) is -0.248. The highest BCUT2D eigenvalue weighted by molar-refractivity contribution is 5.99. The van der Waals surface area contributed by atoms with Crippen LogP contribution in [0.5, 0.6) is 5.75 Å². The van der Waals surface area contributed by atoms with Crippen molar-refractivity contribution in [1.29, 1.82) is 0 Å². The van der Waals surface area contributed by atoms with Crippen molar-refractivity contribution in [3.05, 3.63) is 59.7 Å². The number of hydrogen-bond acceptors (Lipinski definition) is 4. The predicted octanol–water partition coefficient (Wildman–Crippen LogP) is 3.68. The minimum atomic E-state index is -0.454. The van der Waals surface area contributed by atoms with Crippen molar-refractivity contribution in [2.45, 2.75) is 39.5 Å².